The number of aromatic nitrogens is 4. The van der Waals surface area contributed by atoms with Crippen molar-refractivity contribution >= 4 is 52.2 Å². The van der Waals surface area contributed by atoms with E-state index in [0.29, 0.717) is 45.6 Å². The fourth-order valence-corrected chi connectivity index (χ4v) is 6.28. The number of amides is 1. The molecule has 2 aromatic heterocycles. The van der Waals surface area contributed by atoms with Gasteiger partial charge in [-0.15, -0.1) is 21.5 Å². The van der Waals surface area contributed by atoms with Gasteiger partial charge in [-0.3, -0.25) is 9.36 Å². The molecule has 1 aliphatic heterocycles. The molecular formula is C25H23Cl2N5O2S2. The van der Waals surface area contributed by atoms with Crippen molar-refractivity contribution in [3.63, 3.8) is 0 Å². The maximum atomic E-state index is 13.0. The maximum absolute atomic E-state index is 13.0. The topological polar surface area (TPSA) is 73.1 Å². The summed E-state index contributed by atoms with van der Waals surface area (Å²) in [5, 5.41) is 13.4. The molecule has 1 aliphatic rings. The van der Waals surface area contributed by atoms with E-state index >= 15 is 0 Å². The van der Waals surface area contributed by atoms with Crippen LogP contribution in [0.5, 0.6) is 0 Å². The molecule has 36 heavy (non-hydrogen) atoms. The number of morpholine rings is 1. The summed E-state index contributed by atoms with van der Waals surface area (Å²) in [6.07, 6.45) is 0.0213. The monoisotopic (exact) mass is 559 g/mol. The molecule has 0 N–H and O–H groups in total. The summed E-state index contributed by atoms with van der Waals surface area (Å²) in [5.74, 6) is 1.10. The zero-order valence-corrected chi connectivity index (χ0v) is 22.7. The molecule has 0 spiro atoms. The Kier molecular flexibility index (Phi) is 7.64. The van der Waals surface area contributed by atoms with E-state index in [1.165, 1.54) is 23.1 Å². The lowest BCUT2D eigenvalue weighted by Crippen LogP contribution is -2.48. The molecule has 2 unspecified atom stereocenters. The second kappa shape index (κ2) is 10.9. The fourth-order valence-electron chi connectivity index (χ4n) is 4.14. The Morgan fingerprint density at radius 2 is 1.89 bits per heavy atom. The van der Waals surface area contributed by atoms with E-state index < -0.39 is 0 Å². The molecule has 2 atom stereocenters. The number of benzene rings is 2. The number of halogens is 2. The van der Waals surface area contributed by atoms with Crippen LogP contribution in [0, 0.1) is 0 Å². The van der Waals surface area contributed by atoms with Crippen molar-refractivity contribution < 1.29 is 9.53 Å². The van der Waals surface area contributed by atoms with E-state index in [1.54, 1.807) is 0 Å². The number of ether oxygens (including phenoxy) is 1. The van der Waals surface area contributed by atoms with Gasteiger partial charge in [0.25, 0.3) is 5.91 Å². The molecule has 7 nitrogen and oxygen atoms in total. The Balaban J connectivity index is 1.39. The molecular weight excluding hydrogens is 537 g/mol. The van der Waals surface area contributed by atoms with Gasteiger partial charge in [0.2, 0.25) is 0 Å². The highest BCUT2D eigenvalue weighted by Crippen LogP contribution is 2.34. The minimum absolute atomic E-state index is 0.0107. The third-order valence-electron chi connectivity index (χ3n) is 5.62. The van der Waals surface area contributed by atoms with Gasteiger partial charge in [0, 0.05) is 29.1 Å². The molecule has 3 heterocycles. The number of carbonyl (C=O) groups is 1. The number of carbonyl (C=O) groups excluding carboxylic acids is 1. The molecule has 4 aromatic rings. The Labute approximate surface area is 227 Å². The molecule has 0 aliphatic carbocycles. The summed E-state index contributed by atoms with van der Waals surface area (Å²) >= 11 is 15.7. The van der Waals surface area contributed by atoms with Crippen molar-refractivity contribution in [3.05, 3.63) is 74.7 Å². The van der Waals surface area contributed by atoms with E-state index in [9.17, 15) is 4.79 Å². The van der Waals surface area contributed by atoms with E-state index in [1.807, 2.05) is 77.2 Å². The first-order chi connectivity index (χ1) is 17.4. The molecule has 11 heteroatoms. The van der Waals surface area contributed by atoms with Crippen LogP contribution in [0.25, 0.3) is 17.1 Å². The molecule has 0 saturated carbocycles. The van der Waals surface area contributed by atoms with Crippen LogP contribution in [-0.4, -0.2) is 55.9 Å². The second-order valence-electron chi connectivity index (χ2n) is 8.48. The summed E-state index contributed by atoms with van der Waals surface area (Å²) in [6.45, 7) is 5.09. The smallest absolute Gasteiger partial charge is 0.273 e. The normalized spacial score (nSPS) is 17.9. The number of nitrogens with zero attached hydrogens (tertiary/aromatic N) is 5. The van der Waals surface area contributed by atoms with Crippen LogP contribution in [0.15, 0.2) is 59.1 Å². The zero-order valence-electron chi connectivity index (χ0n) is 19.6. The second-order valence-corrected chi connectivity index (χ2v) is 11.2. The lowest BCUT2D eigenvalue weighted by atomic mass is 10.2. The molecule has 5 rings (SSSR count). The van der Waals surface area contributed by atoms with E-state index in [2.05, 4.69) is 15.2 Å². The number of hydrogen-bond donors (Lipinski definition) is 0. The Morgan fingerprint density at radius 1 is 1.11 bits per heavy atom. The quantitative estimate of drug-likeness (QED) is 0.260. The third kappa shape index (κ3) is 5.45. The van der Waals surface area contributed by atoms with Gasteiger partial charge in [-0.25, -0.2) is 4.98 Å². The van der Waals surface area contributed by atoms with Crippen LogP contribution in [0.2, 0.25) is 10.0 Å². The minimum atomic E-state index is -0.0624. The van der Waals surface area contributed by atoms with Gasteiger partial charge in [-0.2, -0.15) is 0 Å². The fraction of sp³-hybridized carbons (Fsp3) is 0.280. The lowest BCUT2D eigenvalue weighted by molar-refractivity contribution is -0.0587. The van der Waals surface area contributed by atoms with Gasteiger partial charge < -0.3 is 9.64 Å². The summed E-state index contributed by atoms with van der Waals surface area (Å²) in [6, 6.07) is 15.0. The maximum Gasteiger partial charge on any atom is 0.273 e. The number of rotatable bonds is 6. The molecule has 1 fully saturated rings. The van der Waals surface area contributed by atoms with Crippen LogP contribution in [0.1, 0.15) is 29.3 Å². The third-order valence-corrected chi connectivity index (χ3v) is 8.15. The molecule has 1 amide bonds. The molecule has 186 valence electrons. The highest BCUT2D eigenvalue weighted by atomic mass is 35.5. The Bertz CT molecular complexity index is 1380. The molecule has 2 aromatic carbocycles. The molecule has 0 bridgehead atoms. The standard InChI is InChI=1S/C25H23Cl2N5O2S2/c1-15-11-31(12-16(2)34-15)24(33)21-13-35-22(28-21)14-36-25-30-29-23(19-8-3-4-9-20(19)27)32(25)18-7-5-6-17(26)10-18/h3-10,13,15-16H,11-12,14H2,1-2H3. The van der Waals surface area contributed by atoms with Crippen LogP contribution in [0.3, 0.4) is 0 Å². The molecule has 0 radical (unpaired) electrons. The SMILES string of the molecule is CC1CN(C(=O)c2csc(CSc3nnc(-c4ccccc4Cl)n3-c3cccc(Cl)c3)n2)CC(C)O1. The van der Waals surface area contributed by atoms with Gasteiger partial charge >= 0.3 is 0 Å². The van der Waals surface area contributed by atoms with Gasteiger partial charge in [-0.05, 0) is 44.2 Å². The van der Waals surface area contributed by atoms with Crippen molar-refractivity contribution in [3.8, 4) is 17.1 Å². The largest absolute Gasteiger partial charge is 0.372 e. The average molecular weight is 561 g/mol. The first-order valence-electron chi connectivity index (χ1n) is 11.4. The average Bonchev–Trinajstić information content (AvgIpc) is 3.49. The summed E-state index contributed by atoms with van der Waals surface area (Å²) in [5.41, 5.74) is 2.06. The Hall–Kier alpha value is -2.43. The number of thioether (sulfide) groups is 1. The van der Waals surface area contributed by atoms with Crippen molar-refractivity contribution in [1.29, 1.82) is 0 Å². The minimum Gasteiger partial charge on any atom is -0.372 e. The van der Waals surface area contributed by atoms with Crippen LogP contribution in [-0.2, 0) is 10.5 Å². The van der Waals surface area contributed by atoms with Crippen molar-refractivity contribution in [2.24, 2.45) is 0 Å². The summed E-state index contributed by atoms with van der Waals surface area (Å²) in [4.78, 5) is 19.4. The number of thiazole rings is 1. The van der Waals surface area contributed by atoms with Gasteiger partial charge in [-0.1, -0.05) is 53.2 Å². The van der Waals surface area contributed by atoms with E-state index in [0.717, 1.165) is 16.3 Å². The zero-order chi connectivity index (χ0) is 25.2. The van der Waals surface area contributed by atoms with Crippen molar-refractivity contribution in [2.45, 2.75) is 37.0 Å². The first kappa shape index (κ1) is 25.2. The van der Waals surface area contributed by atoms with Gasteiger partial charge in [0.1, 0.15) is 10.7 Å². The van der Waals surface area contributed by atoms with Crippen LogP contribution < -0.4 is 0 Å². The highest BCUT2D eigenvalue weighted by Gasteiger charge is 2.28. The van der Waals surface area contributed by atoms with Crippen molar-refractivity contribution in [2.75, 3.05) is 13.1 Å². The highest BCUT2D eigenvalue weighted by molar-refractivity contribution is 7.98. The summed E-state index contributed by atoms with van der Waals surface area (Å²) < 4.78 is 7.68. The van der Waals surface area contributed by atoms with Crippen molar-refractivity contribution in [1.82, 2.24) is 24.6 Å². The lowest BCUT2D eigenvalue weighted by Gasteiger charge is -2.34. The predicted octanol–water partition coefficient (Wildman–Crippen LogP) is 6.24. The van der Waals surface area contributed by atoms with Crippen LogP contribution in [0.4, 0.5) is 0 Å². The van der Waals surface area contributed by atoms with E-state index in [-0.39, 0.29) is 18.1 Å². The molecule has 1 saturated heterocycles. The number of hydrogen-bond acceptors (Lipinski definition) is 7. The first-order valence-corrected chi connectivity index (χ1v) is 14.0. The summed E-state index contributed by atoms with van der Waals surface area (Å²) in [7, 11) is 0. The van der Waals surface area contributed by atoms with Gasteiger partial charge in [0.15, 0.2) is 11.0 Å². The van der Waals surface area contributed by atoms with Crippen LogP contribution >= 0.6 is 46.3 Å². The van der Waals surface area contributed by atoms with E-state index in [4.69, 9.17) is 27.9 Å². The van der Waals surface area contributed by atoms with Gasteiger partial charge in [0.05, 0.1) is 28.7 Å². The Morgan fingerprint density at radius 3 is 2.64 bits per heavy atom. The predicted molar refractivity (Wildman–Crippen MR) is 144 cm³/mol.